The van der Waals surface area contributed by atoms with Crippen LogP contribution in [0.4, 0.5) is 0 Å². The van der Waals surface area contributed by atoms with Gasteiger partial charge in [0, 0.05) is 13.0 Å². The molecule has 3 rings (SSSR count). The van der Waals surface area contributed by atoms with Crippen LogP contribution in [0.2, 0.25) is 0 Å². The van der Waals surface area contributed by atoms with Crippen LogP contribution < -0.4 is 15.2 Å². The number of hydrogen-bond donors (Lipinski definition) is 1. The highest BCUT2D eigenvalue weighted by Crippen LogP contribution is 2.27. The summed E-state index contributed by atoms with van der Waals surface area (Å²) >= 11 is 0. The second-order valence-electron chi connectivity index (χ2n) is 7.25. The highest BCUT2D eigenvalue weighted by molar-refractivity contribution is 5.99. The number of primary amides is 1. The van der Waals surface area contributed by atoms with Gasteiger partial charge in [-0.1, -0.05) is 31.2 Å². The number of hydrogen-bond acceptors (Lipinski definition) is 5. The Morgan fingerprint density at radius 1 is 1.20 bits per heavy atom. The molecular weight excluding hydrogens is 384 g/mol. The van der Waals surface area contributed by atoms with Gasteiger partial charge in [0.15, 0.2) is 6.73 Å². The first-order valence-electron chi connectivity index (χ1n) is 10.1. The number of aryl methyl sites for hydroxylation is 1. The molecule has 7 heteroatoms. The third-order valence-electron chi connectivity index (χ3n) is 4.93. The molecule has 0 radical (unpaired) electrons. The fourth-order valence-corrected chi connectivity index (χ4v) is 3.28. The summed E-state index contributed by atoms with van der Waals surface area (Å²) in [4.78, 5) is 25.9. The third kappa shape index (κ3) is 5.30. The lowest BCUT2D eigenvalue weighted by molar-refractivity contribution is -0.129. The zero-order valence-electron chi connectivity index (χ0n) is 17.4. The molecule has 0 spiro atoms. The van der Waals surface area contributed by atoms with Gasteiger partial charge in [-0.3, -0.25) is 9.59 Å². The van der Waals surface area contributed by atoms with Crippen molar-refractivity contribution in [3.63, 3.8) is 0 Å². The second kappa shape index (κ2) is 10.1. The number of fused-ring (bicyclic) bond motifs is 1. The molecule has 1 heterocycles. The van der Waals surface area contributed by atoms with Crippen molar-refractivity contribution in [1.82, 2.24) is 4.90 Å². The standard InChI is InChI=1S/C23H28N2O5/c1-3-12-29-20(22(24)26)14-17-7-9-18(10-8-17)28-13-11-25-15-30-19-6-4-5-16(2)21(19)23(25)27/h4-10,20H,3,11-15H2,1-2H3,(H2,24,26). The van der Waals surface area contributed by atoms with E-state index in [-0.39, 0.29) is 12.6 Å². The molecule has 2 N–H and O–H groups in total. The lowest BCUT2D eigenvalue weighted by atomic mass is 10.1. The SMILES string of the molecule is CCCOC(Cc1ccc(OCCN2COc3cccc(C)c3C2=O)cc1)C(N)=O. The largest absolute Gasteiger partial charge is 0.492 e. The van der Waals surface area contributed by atoms with E-state index in [1.807, 2.05) is 56.3 Å². The second-order valence-corrected chi connectivity index (χ2v) is 7.25. The van der Waals surface area contributed by atoms with E-state index in [0.717, 1.165) is 17.5 Å². The molecule has 1 aliphatic rings. The van der Waals surface area contributed by atoms with E-state index in [1.54, 1.807) is 4.90 Å². The van der Waals surface area contributed by atoms with Gasteiger partial charge in [-0.05, 0) is 42.7 Å². The van der Waals surface area contributed by atoms with Crippen molar-refractivity contribution < 1.29 is 23.8 Å². The first kappa shape index (κ1) is 21.6. The Kier molecular flexibility index (Phi) is 7.30. The summed E-state index contributed by atoms with van der Waals surface area (Å²) in [5.41, 5.74) is 7.86. The topological polar surface area (TPSA) is 91.1 Å². The fraction of sp³-hybridized carbons (Fsp3) is 0.391. The Bertz CT molecular complexity index is 882. The Balaban J connectivity index is 1.50. The third-order valence-corrected chi connectivity index (χ3v) is 4.93. The van der Waals surface area contributed by atoms with Crippen molar-refractivity contribution in [3.8, 4) is 11.5 Å². The Labute approximate surface area is 176 Å². The Morgan fingerprint density at radius 2 is 1.97 bits per heavy atom. The molecule has 1 unspecified atom stereocenters. The maximum absolute atomic E-state index is 12.7. The number of amides is 2. The molecule has 0 aromatic heterocycles. The molecule has 0 saturated heterocycles. The van der Waals surface area contributed by atoms with Crippen LogP contribution in [0.5, 0.6) is 11.5 Å². The van der Waals surface area contributed by atoms with Crippen LogP contribution in [0.15, 0.2) is 42.5 Å². The molecule has 1 atom stereocenters. The van der Waals surface area contributed by atoms with E-state index in [2.05, 4.69) is 0 Å². The van der Waals surface area contributed by atoms with Gasteiger partial charge in [0.1, 0.15) is 24.2 Å². The van der Waals surface area contributed by atoms with Crippen molar-refractivity contribution >= 4 is 11.8 Å². The zero-order valence-corrected chi connectivity index (χ0v) is 17.4. The molecule has 2 aromatic carbocycles. The van der Waals surface area contributed by atoms with Gasteiger partial charge >= 0.3 is 0 Å². The smallest absolute Gasteiger partial charge is 0.260 e. The zero-order chi connectivity index (χ0) is 21.5. The van der Waals surface area contributed by atoms with Gasteiger partial charge in [0.05, 0.1) is 12.1 Å². The molecule has 2 aromatic rings. The van der Waals surface area contributed by atoms with Gasteiger partial charge in [-0.25, -0.2) is 0 Å². The van der Waals surface area contributed by atoms with E-state index in [0.29, 0.717) is 43.2 Å². The summed E-state index contributed by atoms with van der Waals surface area (Å²) in [7, 11) is 0. The predicted molar refractivity (Wildman–Crippen MR) is 113 cm³/mol. The summed E-state index contributed by atoms with van der Waals surface area (Å²) in [5.74, 6) is 0.808. The normalized spacial score (nSPS) is 14.1. The maximum atomic E-state index is 12.7. The summed E-state index contributed by atoms with van der Waals surface area (Å²) < 4.78 is 17.0. The summed E-state index contributed by atoms with van der Waals surface area (Å²) in [6.07, 6.45) is 0.619. The molecule has 0 bridgehead atoms. The molecule has 0 aliphatic carbocycles. The van der Waals surface area contributed by atoms with Crippen LogP contribution in [0, 0.1) is 6.92 Å². The van der Waals surface area contributed by atoms with Crippen LogP contribution in [-0.4, -0.2) is 49.3 Å². The van der Waals surface area contributed by atoms with Gasteiger partial charge in [0.25, 0.3) is 5.91 Å². The predicted octanol–water partition coefficient (Wildman–Crippen LogP) is 2.69. The molecule has 30 heavy (non-hydrogen) atoms. The lowest BCUT2D eigenvalue weighted by Crippen LogP contribution is -2.41. The lowest BCUT2D eigenvalue weighted by Gasteiger charge is -2.29. The first-order valence-corrected chi connectivity index (χ1v) is 10.1. The van der Waals surface area contributed by atoms with Crippen molar-refractivity contribution in [2.75, 3.05) is 26.5 Å². The number of rotatable bonds is 10. The van der Waals surface area contributed by atoms with Crippen molar-refractivity contribution in [2.45, 2.75) is 32.8 Å². The van der Waals surface area contributed by atoms with Crippen LogP contribution in [-0.2, 0) is 16.0 Å². The first-order chi connectivity index (χ1) is 14.5. The molecule has 1 aliphatic heterocycles. The van der Waals surface area contributed by atoms with E-state index < -0.39 is 12.0 Å². The van der Waals surface area contributed by atoms with Crippen molar-refractivity contribution in [3.05, 3.63) is 59.2 Å². The molecule has 2 amide bonds. The van der Waals surface area contributed by atoms with Gasteiger partial charge in [-0.15, -0.1) is 0 Å². The summed E-state index contributed by atoms with van der Waals surface area (Å²) in [6.45, 7) is 5.36. The minimum atomic E-state index is -0.631. The minimum Gasteiger partial charge on any atom is -0.492 e. The van der Waals surface area contributed by atoms with Crippen LogP contribution >= 0.6 is 0 Å². The van der Waals surface area contributed by atoms with Crippen LogP contribution in [0.25, 0.3) is 0 Å². The van der Waals surface area contributed by atoms with Gasteiger partial charge in [0.2, 0.25) is 5.91 Å². The van der Waals surface area contributed by atoms with E-state index in [1.165, 1.54) is 0 Å². The molecular formula is C23H28N2O5. The Hall–Kier alpha value is -3.06. The summed E-state index contributed by atoms with van der Waals surface area (Å²) in [5, 5.41) is 0. The van der Waals surface area contributed by atoms with E-state index >= 15 is 0 Å². The number of nitrogens with two attached hydrogens (primary N) is 1. The van der Waals surface area contributed by atoms with Crippen LogP contribution in [0.1, 0.15) is 34.8 Å². The average Bonchev–Trinajstić information content (AvgIpc) is 2.73. The minimum absolute atomic E-state index is 0.0436. The molecule has 0 fully saturated rings. The number of carbonyl (C=O) groups excluding carboxylic acids is 2. The Morgan fingerprint density at radius 3 is 2.67 bits per heavy atom. The summed E-state index contributed by atoms with van der Waals surface area (Å²) in [6, 6.07) is 13.0. The number of benzene rings is 2. The number of carbonyl (C=O) groups is 2. The number of ether oxygens (including phenoxy) is 3. The average molecular weight is 412 g/mol. The highest BCUT2D eigenvalue weighted by atomic mass is 16.5. The molecule has 0 saturated carbocycles. The highest BCUT2D eigenvalue weighted by Gasteiger charge is 2.26. The number of nitrogens with zero attached hydrogens (tertiary/aromatic N) is 1. The fourth-order valence-electron chi connectivity index (χ4n) is 3.28. The molecule has 7 nitrogen and oxygen atoms in total. The monoisotopic (exact) mass is 412 g/mol. The van der Waals surface area contributed by atoms with Gasteiger partial charge < -0.3 is 24.8 Å². The van der Waals surface area contributed by atoms with E-state index in [9.17, 15) is 9.59 Å². The van der Waals surface area contributed by atoms with Gasteiger partial charge in [-0.2, -0.15) is 0 Å². The van der Waals surface area contributed by atoms with Crippen molar-refractivity contribution in [1.29, 1.82) is 0 Å². The van der Waals surface area contributed by atoms with E-state index in [4.69, 9.17) is 19.9 Å². The molecule has 160 valence electrons. The van der Waals surface area contributed by atoms with Crippen LogP contribution in [0.3, 0.4) is 0 Å². The quantitative estimate of drug-likeness (QED) is 0.648. The maximum Gasteiger partial charge on any atom is 0.260 e. The van der Waals surface area contributed by atoms with Crippen molar-refractivity contribution in [2.24, 2.45) is 5.73 Å².